The molecule has 1 atom stereocenters. The second-order valence-electron chi connectivity index (χ2n) is 4.64. The van der Waals surface area contributed by atoms with E-state index >= 15 is 0 Å². The van der Waals surface area contributed by atoms with Gasteiger partial charge >= 0.3 is 0 Å². The van der Waals surface area contributed by atoms with Crippen molar-refractivity contribution in [1.82, 2.24) is 4.31 Å². The first-order chi connectivity index (χ1) is 9.42. The summed E-state index contributed by atoms with van der Waals surface area (Å²) in [6.07, 6.45) is 1.24. The van der Waals surface area contributed by atoms with Crippen molar-refractivity contribution < 1.29 is 12.8 Å². The molecule has 114 valence electrons. The zero-order chi connectivity index (χ0) is 15.2. The molecule has 0 aliphatic heterocycles. The van der Waals surface area contributed by atoms with Gasteiger partial charge in [0.25, 0.3) is 0 Å². The van der Waals surface area contributed by atoms with Gasteiger partial charge in [0.2, 0.25) is 10.0 Å². The van der Waals surface area contributed by atoms with Crippen LogP contribution in [0.4, 0.5) is 4.39 Å². The van der Waals surface area contributed by atoms with Gasteiger partial charge in [0.1, 0.15) is 5.82 Å². The lowest BCUT2D eigenvalue weighted by atomic mass is 10.1. The molecule has 0 bridgehead atoms. The molecule has 6 heteroatoms. The van der Waals surface area contributed by atoms with Crippen LogP contribution in [0.15, 0.2) is 24.3 Å². The third-order valence-corrected chi connectivity index (χ3v) is 5.60. The highest BCUT2D eigenvalue weighted by atomic mass is 35.5. The van der Waals surface area contributed by atoms with Gasteiger partial charge in [-0.05, 0) is 37.5 Å². The van der Waals surface area contributed by atoms with Gasteiger partial charge < -0.3 is 0 Å². The Labute approximate surface area is 125 Å². The summed E-state index contributed by atoms with van der Waals surface area (Å²) in [5, 5.41) is 0. The molecular formula is C14H21ClFNO2S. The van der Waals surface area contributed by atoms with E-state index < -0.39 is 10.0 Å². The predicted octanol–water partition coefficient (Wildman–Crippen LogP) is 3.56. The number of sulfonamides is 1. The van der Waals surface area contributed by atoms with Crippen molar-refractivity contribution in [2.75, 3.05) is 18.2 Å². The molecule has 0 aliphatic rings. The molecule has 0 aliphatic carbocycles. The van der Waals surface area contributed by atoms with Crippen LogP contribution in [0.25, 0.3) is 0 Å². The van der Waals surface area contributed by atoms with Crippen LogP contribution in [-0.4, -0.2) is 30.9 Å². The van der Waals surface area contributed by atoms with Crippen LogP contribution < -0.4 is 0 Å². The number of halogens is 2. The average Bonchev–Trinajstić information content (AvgIpc) is 2.40. The largest absolute Gasteiger partial charge is 0.214 e. The van der Waals surface area contributed by atoms with Gasteiger partial charge in [0.15, 0.2) is 0 Å². The third-order valence-electron chi connectivity index (χ3n) is 3.24. The summed E-state index contributed by atoms with van der Waals surface area (Å²) >= 11 is 5.57. The molecule has 1 rings (SSSR count). The topological polar surface area (TPSA) is 37.4 Å². The van der Waals surface area contributed by atoms with Crippen LogP contribution in [0, 0.1) is 5.82 Å². The van der Waals surface area contributed by atoms with E-state index in [0.29, 0.717) is 25.3 Å². The van der Waals surface area contributed by atoms with Crippen molar-refractivity contribution in [3.05, 3.63) is 35.6 Å². The number of alkyl halides is 1. The predicted molar refractivity (Wildman–Crippen MR) is 80.9 cm³/mol. The molecule has 0 heterocycles. The van der Waals surface area contributed by atoms with Gasteiger partial charge in [0.05, 0.1) is 5.75 Å². The Kier molecular flexibility index (Phi) is 6.92. The second kappa shape index (κ2) is 7.96. The first-order valence-corrected chi connectivity index (χ1v) is 8.87. The zero-order valence-electron chi connectivity index (χ0n) is 11.9. The van der Waals surface area contributed by atoms with Gasteiger partial charge in [-0.2, -0.15) is 4.31 Å². The lowest BCUT2D eigenvalue weighted by molar-refractivity contribution is 0.356. The molecular weight excluding hydrogens is 301 g/mol. The monoisotopic (exact) mass is 321 g/mol. The Morgan fingerprint density at radius 1 is 1.25 bits per heavy atom. The van der Waals surface area contributed by atoms with Gasteiger partial charge in [-0.15, -0.1) is 11.6 Å². The molecule has 0 saturated heterocycles. The molecule has 20 heavy (non-hydrogen) atoms. The maximum absolute atomic E-state index is 12.9. The van der Waals surface area contributed by atoms with E-state index in [4.69, 9.17) is 11.6 Å². The Morgan fingerprint density at radius 3 is 2.35 bits per heavy atom. The fourth-order valence-electron chi connectivity index (χ4n) is 2.12. The van der Waals surface area contributed by atoms with Crippen molar-refractivity contribution in [2.24, 2.45) is 0 Å². The van der Waals surface area contributed by atoms with Gasteiger partial charge in [-0.25, -0.2) is 12.8 Å². The normalized spacial score (nSPS) is 13.7. The number of rotatable bonds is 8. The highest BCUT2D eigenvalue weighted by molar-refractivity contribution is 7.89. The van der Waals surface area contributed by atoms with Crippen molar-refractivity contribution in [1.29, 1.82) is 0 Å². The fourth-order valence-corrected chi connectivity index (χ4v) is 4.10. The number of benzene rings is 1. The Morgan fingerprint density at radius 2 is 1.85 bits per heavy atom. The van der Waals surface area contributed by atoms with Crippen LogP contribution in [-0.2, 0) is 10.0 Å². The van der Waals surface area contributed by atoms with Gasteiger partial charge in [0, 0.05) is 18.5 Å². The van der Waals surface area contributed by atoms with E-state index in [0.717, 1.165) is 5.56 Å². The van der Waals surface area contributed by atoms with Gasteiger partial charge in [-0.3, -0.25) is 0 Å². The molecule has 1 aromatic carbocycles. The minimum Gasteiger partial charge on any atom is -0.212 e. The van der Waals surface area contributed by atoms with Crippen molar-refractivity contribution in [2.45, 2.75) is 32.7 Å². The summed E-state index contributed by atoms with van der Waals surface area (Å²) in [6.45, 7) is 4.01. The summed E-state index contributed by atoms with van der Waals surface area (Å²) in [6, 6.07) is 5.63. The zero-order valence-corrected chi connectivity index (χ0v) is 13.4. The van der Waals surface area contributed by atoms with E-state index in [-0.39, 0.29) is 17.6 Å². The van der Waals surface area contributed by atoms with Crippen LogP contribution in [0.2, 0.25) is 0 Å². The summed E-state index contributed by atoms with van der Waals surface area (Å²) in [5.41, 5.74) is 0.786. The van der Waals surface area contributed by atoms with E-state index in [1.807, 2.05) is 6.92 Å². The summed E-state index contributed by atoms with van der Waals surface area (Å²) in [4.78, 5) is 0. The second-order valence-corrected chi connectivity index (χ2v) is 7.06. The molecule has 3 nitrogen and oxygen atoms in total. The number of unbranched alkanes of at least 4 members (excludes halogenated alkanes) is 1. The Bertz CT molecular complexity index is 504. The van der Waals surface area contributed by atoms with Crippen LogP contribution in [0.5, 0.6) is 0 Å². The smallest absolute Gasteiger partial charge is 0.212 e. The minimum absolute atomic E-state index is 0.0963. The molecule has 0 spiro atoms. The van der Waals surface area contributed by atoms with Crippen molar-refractivity contribution in [3.63, 3.8) is 0 Å². The van der Waals surface area contributed by atoms with Gasteiger partial charge in [-0.1, -0.05) is 19.1 Å². The number of hydrogen-bond acceptors (Lipinski definition) is 2. The maximum Gasteiger partial charge on any atom is 0.214 e. The Balaban J connectivity index is 2.86. The summed E-state index contributed by atoms with van der Waals surface area (Å²) < 4.78 is 39.0. The first-order valence-electron chi connectivity index (χ1n) is 6.73. The number of nitrogens with zero attached hydrogens (tertiary/aromatic N) is 1. The highest BCUT2D eigenvalue weighted by Gasteiger charge is 2.26. The molecule has 0 saturated carbocycles. The summed E-state index contributed by atoms with van der Waals surface area (Å²) in [7, 11) is -3.32. The first kappa shape index (κ1) is 17.4. The lowest BCUT2D eigenvalue weighted by Crippen LogP contribution is -2.35. The third kappa shape index (κ3) is 4.72. The molecule has 1 unspecified atom stereocenters. The molecule has 0 fully saturated rings. The summed E-state index contributed by atoms with van der Waals surface area (Å²) in [5.74, 6) is 0.239. The van der Waals surface area contributed by atoms with Crippen molar-refractivity contribution in [3.8, 4) is 0 Å². The van der Waals surface area contributed by atoms with E-state index in [1.54, 1.807) is 19.1 Å². The average molecular weight is 322 g/mol. The van der Waals surface area contributed by atoms with Crippen LogP contribution in [0.1, 0.15) is 38.3 Å². The van der Waals surface area contributed by atoms with E-state index in [9.17, 15) is 12.8 Å². The lowest BCUT2D eigenvalue weighted by Gasteiger charge is -2.27. The molecule has 0 amide bonds. The molecule has 0 aromatic heterocycles. The maximum atomic E-state index is 12.9. The number of hydrogen-bond donors (Lipinski definition) is 0. The molecule has 0 N–H and O–H groups in total. The quantitative estimate of drug-likeness (QED) is 0.542. The minimum atomic E-state index is -3.32. The highest BCUT2D eigenvalue weighted by Crippen LogP contribution is 2.24. The fraction of sp³-hybridized carbons (Fsp3) is 0.571. The van der Waals surface area contributed by atoms with Crippen LogP contribution >= 0.6 is 11.6 Å². The Hall–Kier alpha value is -0.650. The van der Waals surface area contributed by atoms with Crippen LogP contribution in [0.3, 0.4) is 0 Å². The standard InChI is InChI=1S/C14H21ClFNO2S/c1-3-17(20(18,19)11-5-4-10-15)12(2)13-6-8-14(16)9-7-13/h6-9,12H,3-5,10-11H2,1-2H3. The van der Waals surface area contributed by atoms with E-state index in [1.165, 1.54) is 16.4 Å². The SMILES string of the molecule is CCN(C(C)c1ccc(F)cc1)S(=O)(=O)CCCCCl. The molecule has 1 aromatic rings. The van der Waals surface area contributed by atoms with E-state index in [2.05, 4.69) is 0 Å². The molecule has 0 radical (unpaired) electrons. The van der Waals surface area contributed by atoms with Crippen molar-refractivity contribution >= 4 is 21.6 Å².